The van der Waals surface area contributed by atoms with Gasteiger partial charge in [0.05, 0.1) is 5.69 Å². The van der Waals surface area contributed by atoms with E-state index in [1.807, 2.05) is 45.8 Å². The quantitative estimate of drug-likeness (QED) is 0.565. The van der Waals surface area contributed by atoms with Crippen molar-refractivity contribution in [3.05, 3.63) is 67.1 Å². The zero-order valence-corrected chi connectivity index (χ0v) is 11.5. The second kappa shape index (κ2) is 4.56. The van der Waals surface area contributed by atoms with Crippen LogP contribution in [0, 0.1) is 6.92 Å². The molecule has 0 unspecified atom stereocenters. The monoisotopic (exact) mass is 275 g/mol. The van der Waals surface area contributed by atoms with E-state index in [1.165, 1.54) is 5.56 Å². The fourth-order valence-electron chi connectivity index (χ4n) is 2.33. The largest absolute Gasteiger partial charge is 0.306 e. The molecule has 5 heteroatoms. The van der Waals surface area contributed by atoms with Crippen molar-refractivity contribution in [1.82, 2.24) is 23.9 Å². The number of pyridine rings is 2. The van der Waals surface area contributed by atoms with E-state index in [2.05, 4.69) is 34.1 Å². The zero-order chi connectivity index (χ0) is 14.2. The summed E-state index contributed by atoms with van der Waals surface area (Å²) < 4.78 is 3.91. The summed E-state index contributed by atoms with van der Waals surface area (Å²) in [7, 11) is 0. The average molecular weight is 275 g/mol. The number of imidazole rings is 2. The van der Waals surface area contributed by atoms with E-state index in [0.717, 1.165) is 22.7 Å². The second-order valence-electron chi connectivity index (χ2n) is 4.97. The van der Waals surface area contributed by atoms with Gasteiger partial charge in [-0.15, -0.1) is 0 Å². The standard InChI is InChI=1S/C16H13N5/c1-12-2-4-16-19-14(10-21(16)9-12)13-3-5-15(18-8-13)20-7-6-17-11-20/h2-11H,1H3. The van der Waals surface area contributed by atoms with Crippen molar-refractivity contribution in [2.75, 3.05) is 0 Å². The molecule has 0 N–H and O–H groups in total. The molecule has 0 fully saturated rings. The summed E-state index contributed by atoms with van der Waals surface area (Å²) in [5.41, 5.74) is 4.07. The summed E-state index contributed by atoms with van der Waals surface area (Å²) >= 11 is 0. The van der Waals surface area contributed by atoms with Crippen molar-refractivity contribution >= 4 is 5.65 Å². The SMILES string of the molecule is Cc1ccc2nc(-c3ccc(-n4ccnc4)nc3)cn2c1. The molecule has 0 radical (unpaired) electrons. The summed E-state index contributed by atoms with van der Waals surface area (Å²) in [4.78, 5) is 13.1. The summed E-state index contributed by atoms with van der Waals surface area (Å²) in [6, 6.07) is 8.07. The first-order valence-corrected chi connectivity index (χ1v) is 6.70. The maximum atomic E-state index is 4.62. The van der Waals surface area contributed by atoms with E-state index in [0.29, 0.717) is 0 Å². The first-order valence-electron chi connectivity index (χ1n) is 6.70. The minimum absolute atomic E-state index is 0.843. The van der Waals surface area contributed by atoms with Crippen LogP contribution >= 0.6 is 0 Å². The van der Waals surface area contributed by atoms with Gasteiger partial charge in [0.2, 0.25) is 0 Å². The van der Waals surface area contributed by atoms with Crippen molar-refractivity contribution in [2.24, 2.45) is 0 Å². The number of rotatable bonds is 2. The fourth-order valence-corrected chi connectivity index (χ4v) is 2.33. The highest BCUT2D eigenvalue weighted by Gasteiger charge is 2.05. The Kier molecular flexibility index (Phi) is 2.57. The minimum Gasteiger partial charge on any atom is -0.306 e. The molecule has 0 saturated carbocycles. The van der Waals surface area contributed by atoms with Crippen LogP contribution in [0.3, 0.4) is 0 Å². The van der Waals surface area contributed by atoms with Gasteiger partial charge in [0.25, 0.3) is 0 Å². The van der Waals surface area contributed by atoms with Gasteiger partial charge in [0.15, 0.2) is 0 Å². The van der Waals surface area contributed by atoms with Crippen LogP contribution in [-0.2, 0) is 0 Å². The van der Waals surface area contributed by atoms with Gasteiger partial charge in [0, 0.05) is 36.5 Å². The summed E-state index contributed by atoms with van der Waals surface area (Å²) in [6.07, 6.45) is 11.3. The highest BCUT2D eigenvalue weighted by atomic mass is 15.1. The molecule has 0 atom stereocenters. The molecular weight excluding hydrogens is 262 g/mol. The fraction of sp³-hybridized carbons (Fsp3) is 0.0625. The molecule has 0 bridgehead atoms. The van der Waals surface area contributed by atoms with Crippen LogP contribution in [-0.4, -0.2) is 23.9 Å². The van der Waals surface area contributed by atoms with Crippen LogP contribution in [0.4, 0.5) is 0 Å². The smallest absolute Gasteiger partial charge is 0.137 e. The molecule has 4 heterocycles. The number of hydrogen-bond acceptors (Lipinski definition) is 3. The molecule has 21 heavy (non-hydrogen) atoms. The Morgan fingerprint density at radius 2 is 2.00 bits per heavy atom. The summed E-state index contributed by atoms with van der Waals surface area (Å²) in [5, 5.41) is 0. The van der Waals surface area contributed by atoms with Crippen molar-refractivity contribution in [3.8, 4) is 17.1 Å². The van der Waals surface area contributed by atoms with Crippen molar-refractivity contribution in [2.45, 2.75) is 6.92 Å². The lowest BCUT2D eigenvalue weighted by molar-refractivity contribution is 0.993. The Labute approximate surface area is 121 Å². The van der Waals surface area contributed by atoms with Gasteiger partial charge in [-0.25, -0.2) is 15.0 Å². The molecule has 0 saturated heterocycles. The predicted molar refractivity (Wildman–Crippen MR) is 80.3 cm³/mol. The van der Waals surface area contributed by atoms with Crippen LogP contribution in [0.1, 0.15) is 5.56 Å². The molecule has 0 aliphatic carbocycles. The zero-order valence-electron chi connectivity index (χ0n) is 11.5. The Morgan fingerprint density at radius 1 is 1.05 bits per heavy atom. The van der Waals surface area contributed by atoms with E-state index < -0.39 is 0 Å². The van der Waals surface area contributed by atoms with Crippen LogP contribution in [0.5, 0.6) is 0 Å². The minimum atomic E-state index is 0.843. The van der Waals surface area contributed by atoms with Gasteiger partial charge < -0.3 is 4.40 Å². The molecule has 4 rings (SSSR count). The lowest BCUT2D eigenvalue weighted by atomic mass is 10.2. The maximum Gasteiger partial charge on any atom is 0.137 e. The van der Waals surface area contributed by atoms with E-state index >= 15 is 0 Å². The number of aryl methyl sites for hydroxylation is 1. The van der Waals surface area contributed by atoms with Gasteiger partial charge in [-0.3, -0.25) is 4.57 Å². The third kappa shape index (κ3) is 2.08. The Morgan fingerprint density at radius 3 is 2.76 bits per heavy atom. The first-order chi connectivity index (χ1) is 10.3. The van der Waals surface area contributed by atoms with Crippen LogP contribution < -0.4 is 0 Å². The van der Waals surface area contributed by atoms with E-state index in [4.69, 9.17) is 0 Å². The second-order valence-corrected chi connectivity index (χ2v) is 4.97. The maximum absolute atomic E-state index is 4.62. The first kappa shape index (κ1) is 11.8. The predicted octanol–water partition coefficient (Wildman–Crippen LogP) is 2.89. The Balaban J connectivity index is 1.74. The van der Waals surface area contributed by atoms with E-state index in [1.54, 1.807) is 12.5 Å². The number of hydrogen-bond donors (Lipinski definition) is 0. The molecule has 0 aromatic carbocycles. The van der Waals surface area contributed by atoms with Crippen LogP contribution in [0.2, 0.25) is 0 Å². The molecule has 102 valence electrons. The molecular formula is C16H13N5. The van der Waals surface area contributed by atoms with Crippen LogP contribution in [0.25, 0.3) is 22.7 Å². The van der Waals surface area contributed by atoms with Gasteiger partial charge in [0.1, 0.15) is 17.8 Å². The number of aromatic nitrogens is 5. The lowest BCUT2D eigenvalue weighted by Gasteiger charge is -2.01. The molecule has 0 spiro atoms. The molecule has 5 nitrogen and oxygen atoms in total. The number of nitrogens with zero attached hydrogens (tertiary/aromatic N) is 5. The van der Waals surface area contributed by atoms with Crippen molar-refractivity contribution < 1.29 is 0 Å². The van der Waals surface area contributed by atoms with E-state index in [-0.39, 0.29) is 0 Å². The van der Waals surface area contributed by atoms with E-state index in [9.17, 15) is 0 Å². The molecule has 0 amide bonds. The van der Waals surface area contributed by atoms with Crippen molar-refractivity contribution in [1.29, 1.82) is 0 Å². The van der Waals surface area contributed by atoms with Crippen LogP contribution in [0.15, 0.2) is 61.6 Å². The third-order valence-corrected chi connectivity index (χ3v) is 3.41. The Bertz CT molecular complexity index is 888. The van der Waals surface area contributed by atoms with Crippen molar-refractivity contribution in [3.63, 3.8) is 0 Å². The molecule has 4 aromatic heterocycles. The van der Waals surface area contributed by atoms with Gasteiger partial charge in [-0.2, -0.15) is 0 Å². The third-order valence-electron chi connectivity index (χ3n) is 3.41. The summed E-state index contributed by atoms with van der Waals surface area (Å²) in [6.45, 7) is 2.07. The summed E-state index contributed by atoms with van der Waals surface area (Å²) in [5.74, 6) is 0.843. The van der Waals surface area contributed by atoms with Gasteiger partial charge in [-0.1, -0.05) is 6.07 Å². The van der Waals surface area contributed by atoms with Gasteiger partial charge in [-0.05, 0) is 30.7 Å². The topological polar surface area (TPSA) is 48.0 Å². The molecule has 4 aromatic rings. The van der Waals surface area contributed by atoms with Gasteiger partial charge >= 0.3 is 0 Å². The average Bonchev–Trinajstić information content (AvgIpc) is 3.16. The Hall–Kier alpha value is -2.95. The highest BCUT2D eigenvalue weighted by Crippen LogP contribution is 2.19. The highest BCUT2D eigenvalue weighted by molar-refractivity contribution is 5.62. The normalized spacial score (nSPS) is 11.1. The molecule has 0 aliphatic heterocycles. The lowest BCUT2D eigenvalue weighted by Crippen LogP contribution is -1.93. The number of fused-ring (bicyclic) bond motifs is 1. The molecule has 0 aliphatic rings.